The van der Waals surface area contributed by atoms with Gasteiger partial charge in [0.2, 0.25) is 5.78 Å². The second kappa shape index (κ2) is 3.15. The number of epoxide rings is 1. The van der Waals surface area contributed by atoms with Gasteiger partial charge in [-0.25, -0.2) is 0 Å². The number of fused-ring (bicyclic) bond motifs is 1. The number of carbonyl (C=O) groups is 1. The van der Waals surface area contributed by atoms with Crippen LogP contribution in [-0.2, 0) is 4.74 Å². The van der Waals surface area contributed by atoms with Crippen molar-refractivity contribution in [2.24, 2.45) is 0 Å². The molecule has 0 saturated carbocycles. The number of halogens is 1. The van der Waals surface area contributed by atoms with Gasteiger partial charge in [-0.1, -0.05) is 42.5 Å². The Hall–Kier alpha value is -1.19. The molecule has 80 valence electrons. The Morgan fingerprint density at radius 3 is 2.50 bits per heavy atom. The number of alkyl halides is 1. The molecular formula is C13H9BrO2. The van der Waals surface area contributed by atoms with Crippen LogP contribution in [0.2, 0.25) is 0 Å². The first-order valence-corrected chi connectivity index (χ1v) is 5.83. The number of ether oxygens (including phenoxy) is 1. The number of carbonyl (C=O) groups excluding carboxylic acids is 1. The molecule has 16 heavy (non-hydrogen) atoms. The maximum absolute atomic E-state index is 12.3. The lowest BCUT2D eigenvalue weighted by atomic mass is 9.91. The lowest BCUT2D eigenvalue weighted by molar-refractivity contribution is 0.0909. The van der Waals surface area contributed by atoms with Crippen molar-refractivity contribution >= 4 is 21.7 Å². The van der Waals surface area contributed by atoms with Crippen molar-refractivity contribution in [3.8, 4) is 0 Å². The summed E-state index contributed by atoms with van der Waals surface area (Å²) in [6.45, 7) is 0. The van der Waals surface area contributed by atoms with Crippen LogP contribution in [0.25, 0.3) is 0 Å². The lowest BCUT2D eigenvalue weighted by Gasteiger charge is -2.10. The van der Waals surface area contributed by atoms with Crippen molar-refractivity contribution in [2.45, 2.75) is 10.1 Å². The predicted molar refractivity (Wildman–Crippen MR) is 64.5 cm³/mol. The second-order valence-electron chi connectivity index (χ2n) is 3.90. The molecule has 2 unspecified atom stereocenters. The van der Waals surface area contributed by atoms with E-state index in [1.165, 1.54) is 0 Å². The number of benzene rings is 1. The molecule has 1 fully saturated rings. The van der Waals surface area contributed by atoms with E-state index in [2.05, 4.69) is 15.9 Å². The number of ketones is 1. The molecule has 1 aromatic rings. The van der Waals surface area contributed by atoms with Crippen molar-refractivity contribution in [1.82, 2.24) is 0 Å². The summed E-state index contributed by atoms with van der Waals surface area (Å²) in [5, 5.41) is 0. The lowest BCUT2D eigenvalue weighted by Crippen LogP contribution is -2.29. The van der Waals surface area contributed by atoms with Crippen LogP contribution in [0.1, 0.15) is 10.4 Å². The molecule has 0 radical (unpaired) electrons. The Labute approximate surface area is 102 Å². The fourth-order valence-electron chi connectivity index (χ4n) is 1.97. The zero-order valence-electron chi connectivity index (χ0n) is 8.39. The fourth-order valence-corrected chi connectivity index (χ4v) is 2.69. The van der Waals surface area contributed by atoms with Crippen molar-refractivity contribution in [3.63, 3.8) is 0 Å². The van der Waals surface area contributed by atoms with Crippen molar-refractivity contribution in [3.05, 3.63) is 60.2 Å². The van der Waals surface area contributed by atoms with E-state index in [9.17, 15) is 4.79 Å². The SMILES string of the molecule is O=C(c1ccccc1)C12C=CC=CC1(Br)O2. The molecular weight excluding hydrogens is 268 g/mol. The zero-order chi connectivity index (χ0) is 11.2. The number of hydrogen-bond acceptors (Lipinski definition) is 2. The van der Waals surface area contributed by atoms with Gasteiger partial charge in [0.1, 0.15) is 0 Å². The first-order chi connectivity index (χ1) is 7.68. The topological polar surface area (TPSA) is 29.6 Å². The summed E-state index contributed by atoms with van der Waals surface area (Å²) in [5.41, 5.74) is -0.174. The normalized spacial score (nSPS) is 34.6. The summed E-state index contributed by atoms with van der Waals surface area (Å²) in [7, 11) is 0. The van der Waals surface area contributed by atoms with Crippen molar-refractivity contribution < 1.29 is 9.53 Å². The van der Waals surface area contributed by atoms with Gasteiger partial charge < -0.3 is 4.74 Å². The van der Waals surface area contributed by atoms with Crippen LogP contribution in [0, 0.1) is 0 Å². The third-order valence-corrected chi connectivity index (χ3v) is 3.92. The Morgan fingerprint density at radius 2 is 1.81 bits per heavy atom. The Kier molecular flexibility index (Phi) is 1.97. The van der Waals surface area contributed by atoms with Crippen LogP contribution in [0.4, 0.5) is 0 Å². The quantitative estimate of drug-likeness (QED) is 0.472. The number of rotatable bonds is 2. The molecule has 0 bridgehead atoms. The number of allylic oxidation sites excluding steroid dienone is 2. The summed E-state index contributed by atoms with van der Waals surface area (Å²) < 4.78 is 4.93. The van der Waals surface area contributed by atoms with Gasteiger partial charge in [-0.3, -0.25) is 4.79 Å². The maximum Gasteiger partial charge on any atom is 0.202 e. The first-order valence-electron chi connectivity index (χ1n) is 5.04. The van der Waals surface area contributed by atoms with E-state index in [-0.39, 0.29) is 5.78 Å². The van der Waals surface area contributed by atoms with E-state index in [4.69, 9.17) is 4.74 Å². The molecule has 0 N–H and O–H groups in total. The molecule has 2 nitrogen and oxygen atoms in total. The molecule has 1 saturated heterocycles. The van der Waals surface area contributed by atoms with E-state index >= 15 is 0 Å². The van der Waals surface area contributed by atoms with E-state index in [1.54, 1.807) is 18.2 Å². The maximum atomic E-state index is 12.3. The second-order valence-corrected chi connectivity index (χ2v) is 5.07. The van der Waals surface area contributed by atoms with Gasteiger partial charge in [-0.2, -0.15) is 0 Å². The van der Waals surface area contributed by atoms with Crippen LogP contribution in [0.5, 0.6) is 0 Å². The number of Topliss-reactive ketones (excluding diaryl/α,β-unsaturated/α-hetero) is 1. The summed E-state index contributed by atoms with van der Waals surface area (Å²) in [5.74, 6) is -0.00873. The van der Waals surface area contributed by atoms with Gasteiger partial charge in [-0.05, 0) is 28.1 Å². The zero-order valence-corrected chi connectivity index (χ0v) is 9.98. The van der Waals surface area contributed by atoms with Crippen LogP contribution in [0.15, 0.2) is 54.6 Å². The van der Waals surface area contributed by atoms with E-state index in [1.807, 2.05) is 36.4 Å². The highest BCUT2D eigenvalue weighted by Gasteiger charge is 2.71. The van der Waals surface area contributed by atoms with Crippen LogP contribution >= 0.6 is 15.9 Å². The highest BCUT2D eigenvalue weighted by molar-refractivity contribution is 9.10. The molecule has 2 atom stereocenters. The minimum atomic E-state index is -0.844. The molecule has 1 aliphatic carbocycles. The third-order valence-electron chi connectivity index (χ3n) is 2.90. The Balaban J connectivity index is 2.00. The number of hydrogen-bond donors (Lipinski definition) is 0. The molecule has 0 amide bonds. The third kappa shape index (κ3) is 1.19. The van der Waals surface area contributed by atoms with E-state index < -0.39 is 10.1 Å². The summed E-state index contributed by atoms with van der Waals surface area (Å²) in [6, 6.07) is 9.20. The van der Waals surface area contributed by atoms with Crippen molar-refractivity contribution in [2.75, 3.05) is 0 Å². The summed E-state index contributed by atoms with van der Waals surface area (Å²) >= 11 is 3.44. The molecule has 0 spiro atoms. The average molecular weight is 277 g/mol. The van der Waals surface area contributed by atoms with Crippen LogP contribution in [-0.4, -0.2) is 15.9 Å². The van der Waals surface area contributed by atoms with Gasteiger partial charge in [0, 0.05) is 5.56 Å². The Bertz CT molecular complexity index is 506. The minimum absolute atomic E-state index is 0.00873. The molecule has 3 rings (SSSR count). The smallest absolute Gasteiger partial charge is 0.202 e. The Morgan fingerprint density at radius 1 is 1.12 bits per heavy atom. The van der Waals surface area contributed by atoms with Gasteiger partial charge >= 0.3 is 0 Å². The van der Waals surface area contributed by atoms with Crippen LogP contribution in [0.3, 0.4) is 0 Å². The van der Waals surface area contributed by atoms with Gasteiger partial charge in [0.05, 0.1) is 0 Å². The van der Waals surface area contributed by atoms with E-state index in [0.29, 0.717) is 5.56 Å². The van der Waals surface area contributed by atoms with Crippen molar-refractivity contribution in [1.29, 1.82) is 0 Å². The standard InChI is InChI=1S/C13H9BrO2/c14-13-9-5-4-8-12(13,16-13)11(15)10-6-2-1-3-7-10/h1-9H. The fraction of sp³-hybridized carbons (Fsp3) is 0.154. The highest BCUT2D eigenvalue weighted by atomic mass is 79.9. The minimum Gasteiger partial charge on any atom is -0.333 e. The molecule has 1 heterocycles. The van der Waals surface area contributed by atoms with Crippen LogP contribution < -0.4 is 0 Å². The molecule has 1 aromatic carbocycles. The average Bonchev–Trinajstić information content (AvgIpc) is 2.97. The highest BCUT2D eigenvalue weighted by Crippen LogP contribution is 2.58. The summed E-state index contributed by atoms with van der Waals surface area (Å²) in [6.07, 6.45) is 7.37. The molecule has 3 heteroatoms. The molecule has 0 aromatic heterocycles. The van der Waals surface area contributed by atoms with Gasteiger partial charge in [-0.15, -0.1) is 0 Å². The van der Waals surface area contributed by atoms with E-state index in [0.717, 1.165) is 0 Å². The predicted octanol–water partition coefficient (Wildman–Crippen LogP) is 2.86. The van der Waals surface area contributed by atoms with Gasteiger partial charge in [0.25, 0.3) is 0 Å². The van der Waals surface area contributed by atoms with Gasteiger partial charge in [0.15, 0.2) is 10.1 Å². The first kappa shape index (κ1) is 10.00. The molecule has 1 aliphatic heterocycles. The molecule has 2 aliphatic rings. The largest absolute Gasteiger partial charge is 0.333 e. The summed E-state index contributed by atoms with van der Waals surface area (Å²) in [4.78, 5) is 12.3. The monoisotopic (exact) mass is 276 g/mol.